The van der Waals surface area contributed by atoms with E-state index in [1.54, 1.807) is 7.11 Å². The summed E-state index contributed by atoms with van der Waals surface area (Å²) in [7, 11) is 1.75. The molecule has 7 nitrogen and oxygen atoms in total. The van der Waals surface area contributed by atoms with E-state index < -0.39 is 0 Å². The topological polar surface area (TPSA) is 62.8 Å². The van der Waals surface area contributed by atoms with Crippen LogP contribution in [0.4, 0.5) is 11.4 Å². The zero-order valence-corrected chi connectivity index (χ0v) is 23.5. The molecule has 2 saturated heterocycles. The van der Waals surface area contributed by atoms with E-state index in [4.69, 9.17) is 14.5 Å². The van der Waals surface area contributed by atoms with E-state index in [9.17, 15) is 0 Å². The quantitative estimate of drug-likeness (QED) is 0.275. The molecule has 2 fully saturated rings. The normalized spacial score (nSPS) is 18.6. The summed E-state index contributed by atoms with van der Waals surface area (Å²) in [5, 5.41) is 5.18. The number of ether oxygens (including phenoxy) is 2. The Kier molecular flexibility index (Phi) is 8.33. The van der Waals surface area contributed by atoms with Crippen LogP contribution in [-0.4, -0.2) is 67.4 Å². The Hall–Kier alpha value is -3.06. The lowest BCUT2D eigenvalue weighted by molar-refractivity contribution is 0.254. The molecular formula is C32H43N5O2. The SMILES string of the molecule is COc1cc2c(NC3CCN(c4cccnc4)CC3)c3c(nc2cc1OCCCN1CCCC1)CCCCC3. The van der Waals surface area contributed by atoms with Crippen LogP contribution in [-0.2, 0) is 12.8 Å². The molecule has 0 spiro atoms. The van der Waals surface area contributed by atoms with Gasteiger partial charge in [-0.3, -0.25) is 9.97 Å². The Balaban J connectivity index is 1.23. The summed E-state index contributed by atoms with van der Waals surface area (Å²) in [6, 6.07) is 8.90. The van der Waals surface area contributed by atoms with Crippen molar-refractivity contribution < 1.29 is 9.47 Å². The van der Waals surface area contributed by atoms with Gasteiger partial charge < -0.3 is 24.6 Å². The average molecular weight is 530 g/mol. The van der Waals surface area contributed by atoms with Crippen LogP contribution in [0.3, 0.4) is 0 Å². The second kappa shape index (κ2) is 12.4. The minimum Gasteiger partial charge on any atom is -0.493 e. The molecule has 6 rings (SSSR count). The Morgan fingerprint density at radius 1 is 0.974 bits per heavy atom. The summed E-state index contributed by atoms with van der Waals surface area (Å²) in [6.45, 7) is 6.33. The van der Waals surface area contributed by atoms with E-state index in [-0.39, 0.29) is 0 Å². The predicted molar refractivity (Wildman–Crippen MR) is 158 cm³/mol. The highest BCUT2D eigenvalue weighted by Crippen LogP contribution is 2.40. The molecule has 4 heterocycles. The van der Waals surface area contributed by atoms with Crippen molar-refractivity contribution >= 4 is 22.3 Å². The maximum absolute atomic E-state index is 6.29. The number of hydrogen-bond donors (Lipinski definition) is 1. The fourth-order valence-electron chi connectivity index (χ4n) is 6.55. The largest absolute Gasteiger partial charge is 0.493 e. The molecule has 2 aromatic heterocycles. The molecule has 1 aromatic carbocycles. The van der Waals surface area contributed by atoms with Crippen LogP contribution < -0.4 is 19.7 Å². The number of methoxy groups -OCH3 is 1. The second-order valence-electron chi connectivity index (χ2n) is 11.4. The number of aromatic nitrogens is 2. The molecule has 0 bridgehead atoms. The van der Waals surface area contributed by atoms with E-state index >= 15 is 0 Å². The van der Waals surface area contributed by atoms with Crippen molar-refractivity contribution in [1.29, 1.82) is 0 Å². The number of piperidine rings is 1. The Labute approximate surface area is 232 Å². The van der Waals surface area contributed by atoms with E-state index in [0.717, 1.165) is 74.1 Å². The van der Waals surface area contributed by atoms with Crippen molar-refractivity contribution in [3.63, 3.8) is 0 Å². The third-order valence-electron chi connectivity index (χ3n) is 8.73. The maximum Gasteiger partial charge on any atom is 0.163 e. The standard InChI is InChI=1S/C32H43N5O2/c1-38-30-21-27-29(22-31(30)39-20-8-17-36-15-5-6-16-36)35-28-11-4-2-3-10-26(28)32(27)34-24-12-18-37(19-13-24)25-9-7-14-33-23-25/h7,9,14,21-24H,2-6,8,10-13,15-20H2,1H3,(H,34,35). The number of aryl methyl sites for hydroxylation is 1. The molecule has 1 N–H and O–H groups in total. The van der Waals surface area contributed by atoms with Gasteiger partial charge in [0.2, 0.25) is 0 Å². The van der Waals surface area contributed by atoms with Crippen LogP contribution in [0, 0.1) is 0 Å². The molecule has 0 amide bonds. The Morgan fingerprint density at radius 3 is 2.62 bits per heavy atom. The lowest BCUT2D eigenvalue weighted by Gasteiger charge is -2.35. The van der Waals surface area contributed by atoms with Crippen molar-refractivity contribution in [2.24, 2.45) is 0 Å². The number of likely N-dealkylation sites (tertiary alicyclic amines) is 1. The molecule has 0 radical (unpaired) electrons. The average Bonchev–Trinajstić information content (AvgIpc) is 3.39. The van der Waals surface area contributed by atoms with Crippen molar-refractivity contribution in [2.45, 2.75) is 70.3 Å². The van der Waals surface area contributed by atoms with Crippen molar-refractivity contribution in [2.75, 3.05) is 56.7 Å². The fraction of sp³-hybridized carbons (Fsp3) is 0.562. The highest BCUT2D eigenvalue weighted by Gasteiger charge is 2.24. The monoisotopic (exact) mass is 529 g/mol. The third kappa shape index (κ3) is 6.08. The lowest BCUT2D eigenvalue weighted by atomic mass is 9.98. The highest BCUT2D eigenvalue weighted by molar-refractivity contribution is 5.96. The molecule has 3 aromatic rings. The molecule has 0 atom stereocenters. The predicted octanol–water partition coefficient (Wildman–Crippen LogP) is 5.85. The number of hydrogen-bond acceptors (Lipinski definition) is 7. The van der Waals surface area contributed by atoms with Crippen molar-refractivity contribution in [1.82, 2.24) is 14.9 Å². The molecule has 3 aliphatic rings. The second-order valence-corrected chi connectivity index (χ2v) is 11.4. The molecule has 1 aliphatic carbocycles. The van der Waals surface area contributed by atoms with Gasteiger partial charge >= 0.3 is 0 Å². The summed E-state index contributed by atoms with van der Waals surface area (Å²) >= 11 is 0. The van der Waals surface area contributed by atoms with Gasteiger partial charge in [0.05, 0.1) is 31.1 Å². The van der Waals surface area contributed by atoms with Gasteiger partial charge in [0.25, 0.3) is 0 Å². The zero-order chi connectivity index (χ0) is 26.4. The third-order valence-corrected chi connectivity index (χ3v) is 8.73. The highest BCUT2D eigenvalue weighted by atomic mass is 16.5. The Bertz CT molecular complexity index is 1240. The number of nitrogens with zero attached hydrogens (tertiary/aromatic N) is 4. The molecule has 208 valence electrons. The lowest BCUT2D eigenvalue weighted by Crippen LogP contribution is -2.39. The number of fused-ring (bicyclic) bond motifs is 2. The van der Waals surface area contributed by atoms with Crippen LogP contribution in [0.2, 0.25) is 0 Å². The zero-order valence-electron chi connectivity index (χ0n) is 23.5. The van der Waals surface area contributed by atoms with Gasteiger partial charge in [-0.05, 0) is 94.6 Å². The minimum absolute atomic E-state index is 0.434. The van der Waals surface area contributed by atoms with Gasteiger partial charge in [-0.1, -0.05) is 6.42 Å². The molecule has 0 unspecified atom stereocenters. The first-order valence-corrected chi connectivity index (χ1v) is 15.1. The van der Waals surface area contributed by atoms with E-state index in [2.05, 4.69) is 38.3 Å². The first-order valence-electron chi connectivity index (χ1n) is 15.1. The number of rotatable bonds is 9. The summed E-state index contributed by atoms with van der Waals surface area (Å²) in [5.41, 5.74) is 6.19. The molecular weight excluding hydrogens is 486 g/mol. The van der Waals surface area contributed by atoms with Gasteiger partial charge in [0.1, 0.15) is 0 Å². The van der Waals surface area contributed by atoms with E-state index in [1.165, 1.54) is 67.8 Å². The van der Waals surface area contributed by atoms with Gasteiger partial charge in [-0.15, -0.1) is 0 Å². The smallest absolute Gasteiger partial charge is 0.163 e. The van der Waals surface area contributed by atoms with Crippen molar-refractivity contribution in [3.8, 4) is 11.5 Å². The van der Waals surface area contributed by atoms with Gasteiger partial charge in [0, 0.05) is 54.7 Å². The van der Waals surface area contributed by atoms with Gasteiger partial charge in [-0.2, -0.15) is 0 Å². The van der Waals surface area contributed by atoms with E-state index in [1.807, 2.05) is 18.5 Å². The number of anilines is 2. The maximum atomic E-state index is 6.29. The van der Waals surface area contributed by atoms with Gasteiger partial charge in [0.15, 0.2) is 11.5 Å². The first-order chi connectivity index (χ1) is 19.3. The van der Waals surface area contributed by atoms with Crippen molar-refractivity contribution in [3.05, 3.63) is 47.9 Å². The summed E-state index contributed by atoms with van der Waals surface area (Å²) in [5.74, 6) is 1.61. The Morgan fingerprint density at radius 2 is 1.82 bits per heavy atom. The first kappa shape index (κ1) is 26.2. The number of pyridine rings is 2. The van der Waals surface area contributed by atoms with Crippen LogP contribution in [0.15, 0.2) is 36.7 Å². The number of benzene rings is 1. The van der Waals surface area contributed by atoms with Gasteiger partial charge in [-0.25, -0.2) is 0 Å². The minimum atomic E-state index is 0.434. The van der Waals surface area contributed by atoms with Crippen LogP contribution >= 0.6 is 0 Å². The van der Waals surface area contributed by atoms with E-state index in [0.29, 0.717) is 12.6 Å². The van der Waals surface area contributed by atoms with Crippen LogP contribution in [0.5, 0.6) is 11.5 Å². The summed E-state index contributed by atoms with van der Waals surface area (Å²) in [4.78, 5) is 14.5. The summed E-state index contributed by atoms with van der Waals surface area (Å²) in [6.07, 6.45) is 15.6. The summed E-state index contributed by atoms with van der Waals surface area (Å²) < 4.78 is 12.1. The molecule has 39 heavy (non-hydrogen) atoms. The molecule has 2 aliphatic heterocycles. The van der Waals surface area contributed by atoms with Crippen LogP contribution in [0.1, 0.15) is 62.6 Å². The molecule has 0 saturated carbocycles. The number of nitrogens with one attached hydrogen (secondary N) is 1. The van der Waals surface area contributed by atoms with Crippen LogP contribution in [0.25, 0.3) is 10.9 Å². The molecule has 7 heteroatoms. The fourth-order valence-corrected chi connectivity index (χ4v) is 6.55.